The Kier molecular flexibility index (Phi) is 3.77. The van der Waals surface area contributed by atoms with Crippen molar-refractivity contribution in [3.8, 4) is 0 Å². The molecule has 6 heteroatoms. The maximum Gasteiger partial charge on any atom is 0.274 e. The van der Waals surface area contributed by atoms with Gasteiger partial charge in [0.25, 0.3) is 5.56 Å². The van der Waals surface area contributed by atoms with E-state index in [1.54, 1.807) is 12.3 Å². The van der Waals surface area contributed by atoms with Crippen molar-refractivity contribution in [2.24, 2.45) is 0 Å². The predicted octanol–water partition coefficient (Wildman–Crippen LogP) is 1.96. The van der Waals surface area contributed by atoms with Gasteiger partial charge in [-0.3, -0.25) is 9.78 Å². The van der Waals surface area contributed by atoms with Gasteiger partial charge < -0.3 is 9.73 Å². The third-order valence-electron chi connectivity index (χ3n) is 2.99. The molecule has 0 saturated heterocycles. The molecule has 0 spiro atoms. The summed E-state index contributed by atoms with van der Waals surface area (Å²) in [6.45, 7) is 0.440. The molecule has 0 fully saturated rings. The highest BCUT2D eigenvalue weighted by Gasteiger charge is 2.06. The Labute approximate surface area is 120 Å². The van der Waals surface area contributed by atoms with Gasteiger partial charge in [-0.1, -0.05) is 30.3 Å². The van der Waals surface area contributed by atoms with Crippen LogP contribution in [-0.4, -0.2) is 15.2 Å². The van der Waals surface area contributed by atoms with Crippen LogP contribution < -0.4 is 10.9 Å². The predicted molar refractivity (Wildman–Crippen MR) is 77.9 cm³/mol. The zero-order valence-corrected chi connectivity index (χ0v) is 11.2. The molecule has 3 aromatic rings. The Bertz CT molecular complexity index is 751. The molecule has 0 aliphatic rings. The molecule has 2 N–H and O–H groups in total. The van der Waals surface area contributed by atoms with E-state index in [0.29, 0.717) is 24.6 Å². The van der Waals surface area contributed by atoms with E-state index in [-0.39, 0.29) is 5.56 Å². The summed E-state index contributed by atoms with van der Waals surface area (Å²) in [5.74, 6) is 1.08. The molecule has 0 amide bonds. The number of hydrogen-bond donors (Lipinski definition) is 2. The fourth-order valence-electron chi connectivity index (χ4n) is 1.93. The number of aromatic amines is 1. The number of benzene rings is 1. The quantitative estimate of drug-likeness (QED) is 0.747. The van der Waals surface area contributed by atoms with Crippen molar-refractivity contribution >= 4 is 5.95 Å². The first-order valence-electron chi connectivity index (χ1n) is 6.57. The molecule has 21 heavy (non-hydrogen) atoms. The lowest BCUT2D eigenvalue weighted by molar-refractivity contribution is 0.517. The summed E-state index contributed by atoms with van der Waals surface area (Å²) in [6.07, 6.45) is 2.05. The Morgan fingerprint density at radius 1 is 1.10 bits per heavy atom. The van der Waals surface area contributed by atoms with Crippen LogP contribution in [0.25, 0.3) is 0 Å². The van der Waals surface area contributed by atoms with Crippen LogP contribution in [0.5, 0.6) is 0 Å². The van der Waals surface area contributed by atoms with Crippen LogP contribution in [0.3, 0.4) is 0 Å². The van der Waals surface area contributed by atoms with E-state index in [2.05, 4.69) is 20.5 Å². The topological polar surface area (TPSA) is 83.8 Å². The molecule has 0 unspecified atom stereocenters. The highest BCUT2D eigenvalue weighted by atomic mass is 16.3. The van der Waals surface area contributed by atoms with E-state index in [0.717, 1.165) is 11.3 Å². The first kappa shape index (κ1) is 13.1. The SMILES string of the molecule is O=c1[nH]c(NCc2ccco2)nnc1Cc1ccccc1. The number of rotatable bonds is 5. The minimum absolute atomic E-state index is 0.240. The van der Waals surface area contributed by atoms with Crippen LogP contribution in [0, 0.1) is 0 Å². The van der Waals surface area contributed by atoms with Gasteiger partial charge in [-0.2, -0.15) is 0 Å². The molecule has 0 bridgehead atoms. The average Bonchev–Trinajstić information content (AvgIpc) is 3.02. The summed E-state index contributed by atoms with van der Waals surface area (Å²) in [5.41, 5.74) is 1.18. The number of nitrogens with zero attached hydrogens (tertiary/aromatic N) is 2. The molecule has 1 aromatic carbocycles. The van der Waals surface area contributed by atoms with E-state index in [1.165, 1.54) is 0 Å². The second-order valence-electron chi connectivity index (χ2n) is 4.54. The van der Waals surface area contributed by atoms with Gasteiger partial charge in [0.05, 0.1) is 12.8 Å². The van der Waals surface area contributed by atoms with Crippen LogP contribution in [0.4, 0.5) is 5.95 Å². The van der Waals surface area contributed by atoms with E-state index >= 15 is 0 Å². The van der Waals surface area contributed by atoms with Gasteiger partial charge in [-0.15, -0.1) is 10.2 Å². The molecule has 0 aliphatic heterocycles. The molecule has 0 atom stereocenters. The molecule has 6 nitrogen and oxygen atoms in total. The third kappa shape index (κ3) is 3.36. The molecular formula is C15H14N4O2. The van der Waals surface area contributed by atoms with Gasteiger partial charge in [0.15, 0.2) is 0 Å². The van der Waals surface area contributed by atoms with Crippen molar-refractivity contribution < 1.29 is 4.42 Å². The number of nitrogens with one attached hydrogen (secondary N) is 2. The van der Waals surface area contributed by atoms with Crippen molar-refractivity contribution in [3.63, 3.8) is 0 Å². The van der Waals surface area contributed by atoms with Crippen molar-refractivity contribution in [2.45, 2.75) is 13.0 Å². The van der Waals surface area contributed by atoms with Crippen LogP contribution >= 0.6 is 0 Å². The number of aromatic nitrogens is 3. The van der Waals surface area contributed by atoms with Gasteiger partial charge in [0.2, 0.25) is 5.95 Å². The number of H-pyrrole nitrogens is 1. The third-order valence-corrected chi connectivity index (χ3v) is 2.99. The standard InChI is InChI=1S/C15H14N4O2/c20-14-13(9-11-5-2-1-3-6-11)18-19-15(17-14)16-10-12-7-4-8-21-12/h1-8H,9-10H2,(H2,16,17,19,20). The number of anilines is 1. The number of furan rings is 1. The molecule has 0 radical (unpaired) electrons. The summed E-state index contributed by atoms with van der Waals surface area (Å²) in [7, 11) is 0. The van der Waals surface area contributed by atoms with Crippen LogP contribution in [0.2, 0.25) is 0 Å². The monoisotopic (exact) mass is 282 g/mol. The fraction of sp³-hybridized carbons (Fsp3) is 0.133. The summed E-state index contributed by atoms with van der Waals surface area (Å²) in [5, 5.41) is 10.9. The minimum atomic E-state index is -0.240. The van der Waals surface area contributed by atoms with E-state index < -0.39 is 0 Å². The van der Waals surface area contributed by atoms with Crippen LogP contribution in [-0.2, 0) is 13.0 Å². The maximum atomic E-state index is 12.0. The summed E-state index contributed by atoms with van der Waals surface area (Å²) in [6, 6.07) is 13.3. The summed E-state index contributed by atoms with van der Waals surface area (Å²) < 4.78 is 5.19. The Balaban J connectivity index is 1.69. The molecule has 106 valence electrons. The lowest BCUT2D eigenvalue weighted by Crippen LogP contribution is -2.19. The Morgan fingerprint density at radius 3 is 2.67 bits per heavy atom. The normalized spacial score (nSPS) is 10.5. The van der Waals surface area contributed by atoms with Crippen molar-refractivity contribution in [1.82, 2.24) is 15.2 Å². The van der Waals surface area contributed by atoms with Gasteiger partial charge >= 0.3 is 0 Å². The number of hydrogen-bond acceptors (Lipinski definition) is 5. The van der Waals surface area contributed by atoms with Crippen molar-refractivity contribution in [2.75, 3.05) is 5.32 Å². The smallest absolute Gasteiger partial charge is 0.274 e. The largest absolute Gasteiger partial charge is 0.467 e. The van der Waals surface area contributed by atoms with Gasteiger partial charge in [-0.05, 0) is 17.7 Å². The van der Waals surface area contributed by atoms with E-state index in [1.807, 2.05) is 36.4 Å². The Morgan fingerprint density at radius 2 is 1.95 bits per heavy atom. The zero-order chi connectivity index (χ0) is 14.5. The van der Waals surface area contributed by atoms with E-state index in [9.17, 15) is 4.79 Å². The molecule has 2 aromatic heterocycles. The first-order valence-corrected chi connectivity index (χ1v) is 6.57. The molecular weight excluding hydrogens is 268 g/mol. The van der Waals surface area contributed by atoms with Crippen molar-refractivity contribution in [3.05, 3.63) is 76.1 Å². The van der Waals surface area contributed by atoms with Crippen LogP contribution in [0.1, 0.15) is 17.0 Å². The summed E-state index contributed by atoms with van der Waals surface area (Å²) >= 11 is 0. The lowest BCUT2D eigenvalue weighted by Gasteiger charge is -2.04. The summed E-state index contributed by atoms with van der Waals surface area (Å²) in [4.78, 5) is 14.7. The fourth-order valence-corrected chi connectivity index (χ4v) is 1.93. The van der Waals surface area contributed by atoms with Gasteiger partial charge in [0, 0.05) is 6.42 Å². The average molecular weight is 282 g/mol. The Hall–Kier alpha value is -2.89. The van der Waals surface area contributed by atoms with E-state index in [4.69, 9.17) is 4.42 Å². The second-order valence-corrected chi connectivity index (χ2v) is 4.54. The van der Waals surface area contributed by atoms with Crippen LogP contribution in [0.15, 0.2) is 57.9 Å². The highest BCUT2D eigenvalue weighted by molar-refractivity contribution is 5.25. The lowest BCUT2D eigenvalue weighted by atomic mass is 10.1. The maximum absolute atomic E-state index is 12.0. The molecule has 2 heterocycles. The second kappa shape index (κ2) is 6.04. The minimum Gasteiger partial charge on any atom is -0.467 e. The first-order chi connectivity index (χ1) is 10.3. The zero-order valence-electron chi connectivity index (χ0n) is 11.2. The van der Waals surface area contributed by atoms with Gasteiger partial charge in [-0.25, -0.2) is 0 Å². The molecule has 0 aliphatic carbocycles. The molecule has 0 saturated carbocycles. The van der Waals surface area contributed by atoms with Crippen molar-refractivity contribution in [1.29, 1.82) is 0 Å². The molecule has 3 rings (SSSR count). The highest BCUT2D eigenvalue weighted by Crippen LogP contribution is 2.05. The van der Waals surface area contributed by atoms with Gasteiger partial charge in [0.1, 0.15) is 11.5 Å².